The molecule has 1 N–H and O–H groups in total. The summed E-state index contributed by atoms with van der Waals surface area (Å²) in [4.78, 5) is 27.6. The molecule has 0 aromatic heterocycles. The molecule has 174 valence electrons. The molecule has 0 saturated heterocycles. The van der Waals surface area contributed by atoms with Crippen LogP contribution in [0.3, 0.4) is 0 Å². The molecule has 5 nitrogen and oxygen atoms in total. The van der Waals surface area contributed by atoms with Crippen LogP contribution in [0.1, 0.15) is 33.3 Å². The summed E-state index contributed by atoms with van der Waals surface area (Å²) in [6, 6.07) is 18.2. The fourth-order valence-corrected chi connectivity index (χ4v) is 4.12. The number of hydrogen-bond acceptors (Lipinski definition) is 3. The zero-order valence-electron chi connectivity index (χ0n) is 19.2. The molecule has 0 fully saturated rings. The number of nitrogens with zero attached hydrogens (tertiary/aromatic N) is 1. The third-order valence-electron chi connectivity index (χ3n) is 5.11. The quantitative estimate of drug-likeness (QED) is 0.409. The second-order valence-corrected chi connectivity index (χ2v) is 10.2. The van der Waals surface area contributed by atoms with Crippen LogP contribution in [0.5, 0.6) is 5.75 Å². The van der Waals surface area contributed by atoms with Crippen LogP contribution in [0.15, 0.2) is 65.1 Å². The van der Waals surface area contributed by atoms with E-state index in [1.54, 1.807) is 19.1 Å². The first-order valence-electron chi connectivity index (χ1n) is 10.7. The van der Waals surface area contributed by atoms with E-state index in [1.807, 2.05) is 69.3 Å². The van der Waals surface area contributed by atoms with Crippen LogP contribution in [0.2, 0.25) is 5.02 Å². The summed E-state index contributed by atoms with van der Waals surface area (Å²) in [6.07, 6.45) is 0. The normalized spacial score (nSPS) is 12.3. The van der Waals surface area contributed by atoms with Gasteiger partial charge in [0.1, 0.15) is 11.8 Å². The SMILES string of the molecule is CC(C(=O)NC(C)(C)C)N(Cc1ccc(Cl)cc1)C(=O)COc1ccc2ccccc2c1Br. The van der Waals surface area contributed by atoms with Crippen molar-refractivity contribution in [1.29, 1.82) is 0 Å². The van der Waals surface area contributed by atoms with Gasteiger partial charge >= 0.3 is 0 Å². The van der Waals surface area contributed by atoms with E-state index >= 15 is 0 Å². The standard InChI is InChI=1S/C26H28BrClN2O3/c1-17(25(32)29-26(2,3)4)30(15-18-9-12-20(28)13-10-18)23(31)16-33-22-14-11-19-7-5-6-8-21(19)24(22)27/h5-14,17H,15-16H2,1-4H3,(H,29,32). The van der Waals surface area contributed by atoms with Gasteiger partial charge in [-0.15, -0.1) is 0 Å². The second kappa shape index (κ2) is 10.6. The Kier molecular flexibility index (Phi) is 8.03. The molecule has 0 bridgehead atoms. The average molecular weight is 532 g/mol. The lowest BCUT2D eigenvalue weighted by atomic mass is 10.1. The van der Waals surface area contributed by atoms with Gasteiger partial charge in [-0.3, -0.25) is 9.59 Å². The molecule has 3 rings (SSSR count). The molecule has 3 aromatic rings. The Balaban J connectivity index is 1.80. The highest BCUT2D eigenvalue weighted by Crippen LogP contribution is 2.33. The molecular weight excluding hydrogens is 504 g/mol. The van der Waals surface area contributed by atoms with Crippen molar-refractivity contribution in [3.63, 3.8) is 0 Å². The minimum Gasteiger partial charge on any atom is -0.483 e. The van der Waals surface area contributed by atoms with Crippen molar-refractivity contribution in [3.8, 4) is 5.75 Å². The predicted octanol–water partition coefficient (Wildman–Crippen LogP) is 5.97. The Morgan fingerprint density at radius 1 is 1.06 bits per heavy atom. The molecule has 7 heteroatoms. The van der Waals surface area contributed by atoms with E-state index < -0.39 is 11.6 Å². The smallest absolute Gasteiger partial charge is 0.261 e. The van der Waals surface area contributed by atoms with Gasteiger partial charge in [-0.2, -0.15) is 0 Å². The largest absolute Gasteiger partial charge is 0.483 e. The van der Waals surface area contributed by atoms with E-state index in [-0.39, 0.29) is 25.0 Å². The van der Waals surface area contributed by atoms with Gasteiger partial charge in [0.2, 0.25) is 5.91 Å². The van der Waals surface area contributed by atoms with Crippen molar-refractivity contribution in [3.05, 3.63) is 75.7 Å². The van der Waals surface area contributed by atoms with E-state index in [1.165, 1.54) is 4.90 Å². The van der Waals surface area contributed by atoms with Gasteiger partial charge in [0, 0.05) is 17.1 Å². The Morgan fingerprint density at radius 3 is 2.39 bits per heavy atom. The topological polar surface area (TPSA) is 58.6 Å². The van der Waals surface area contributed by atoms with Crippen LogP contribution in [0.25, 0.3) is 10.8 Å². The Labute approximate surface area is 208 Å². The Hall–Kier alpha value is -2.57. The number of ether oxygens (including phenoxy) is 1. The van der Waals surface area contributed by atoms with Crippen LogP contribution in [0, 0.1) is 0 Å². The van der Waals surface area contributed by atoms with Gasteiger partial charge in [0.05, 0.1) is 4.47 Å². The van der Waals surface area contributed by atoms with E-state index in [2.05, 4.69) is 21.2 Å². The van der Waals surface area contributed by atoms with Gasteiger partial charge in [-0.1, -0.05) is 54.1 Å². The van der Waals surface area contributed by atoms with Crippen LogP contribution in [0.4, 0.5) is 0 Å². The molecule has 0 spiro atoms. The lowest BCUT2D eigenvalue weighted by Crippen LogP contribution is -2.53. The third kappa shape index (κ3) is 6.71. The molecule has 0 saturated carbocycles. The molecule has 1 unspecified atom stereocenters. The first kappa shape index (κ1) is 25.1. The van der Waals surface area contributed by atoms with Gasteiger partial charge in [0.15, 0.2) is 6.61 Å². The van der Waals surface area contributed by atoms with Crippen molar-refractivity contribution in [2.45, 2.75) is 45.8 Å². The van der Waals surface area contributed by atoms with Gasteiger partial charge in [-0.25, -0.2) is 0 Å². The number of halogens is 2. The van der Waals surface area contributed by atoms with E-state index in [9.17, 15) is 9.59 Å². The highest BCUT2D eigenvalue weighted by Gasteiger charge is 2.28. The van der Waals surface area contributed by atoms with Crippen molar-refractivity contribution in [1.82, 2.24) is 10.2 Å². The molecule has 0 radical (unpaired) electrons. The summed E-state index contributed by atoms with van der Waals surface area (Å²) in [6.45, 7) is 7.51. The van der Waals surface area contributed by atoms with Crippen molar-refractivity contribution >= 4 is 50.1 Å². The number of benzene rings is 3. The Bertz CT molecular complexity index is 1140. The lowest BCUT2D eigenvalue weighted by Gasteiger charge is -2.31. The Morgan fingerprint density at radius 2 is 1.73 bits per heavy atom. The minimum atomic E-state index is -0.684. The summed E-state index contributed by atoms with van der Waals surface area (Å²) >= 11 is 9.59. The summed E-state index contributed by atoms with van der Waals surface area (Å²) in [5.41, 5.74) is 0.460. The molecule has 0 aliphatic heterocycles. The van der Waals surface area contributed by atoms with Crippen molar-refractivity contribution in [2.24, 2.45) is 0 Å². The monoisotopic (exact) mass is 530 g/mol. The molecule has 0 aliphatic carbocycles. The fraction of sp³-hybridized carbons (Fsp3) is 0.308. The first-order valence-corrected chi connectivity index (χ1v) is 11.9. The summed E-state index contributed by atoms with van der Waals surface area (Å²) < 4.78 is 6.67. The fourth-order valence-electron chi connectivity index (χ4n) is 3.39. The summed E-state index contributed by atoms with van der Waals surface area (Å²) in [5, 5.41) is 5.63. The van der Waals surface area contributed by atoms with Crippen LogP contribution in [-0.4, -0.2) is 34.9 Å². The number of fused-ring (bicyclic) bond motifs is 1. The molecule has 0 heterocycles. The molecule has 33 heavy (non-hydrogen) atoms. The van der Waals surface area contributed by atoms with Crippen LogP contribution >= 0.6 is 27.5 Å². The van der Waals surface area contributed by atoms with Crippen LogP contribution in [-0.2, 0) is 16.1 Å². The van der Waals surface area contributed by atoms with Crippen molar-refractivity contribution < 1.29 is 14.3 Å². The average Bonchev–Trinajstić information content (AvgIpc) is 2.76. The number of nitrogens with one attached hydrogen (secondary N) is 1. The third-order valence-corrected chi connectivity index (χ3v) is 6.18. The maximum Gasteiger partial charge on any atom is 0.261 e. The summed E-state index contributed by atoms with van der Waals surface area (Å²) in [7, 11) is 0. The minimum absolute atomic E-state index is 0.197. The highest BCUT2D eigenvalue weighted by molar-refractivity contribution is 9.10. The number of amides is 2. The summed E-state index contributed by atoms with van der Waals surface area (Å²) in [5.74, 6) is 0.0542. The maximum absolute atomic E-state index is 13.3. The van der Waals surface area contributed by atoms with Gasteiger partial charge < -0.3 is 15.0 Å². The molecule has 3 aromatic carbocycles. The number of hydrogen-bond donors (Lipinski definition) is 1. The van der Waals surface area contributed by atoms with Gasteiger partial charge in [0.25, 0.3) is 5.91 Å². The van der Waals surface area contributed by atoms with E-state index in [0.29, 0.717) is 10.8 Å². The number of rotatable bonds is 7. The number of carbonyl (C=O) groups excluding carboxylic acids is 2. The maximum atomic E-state index is 13.3. The van der Waals surface area contributed by atoms with E-state index in [4.69, 9.17) is 16.3 Å². The molecular formula is C26H28BrClN2O3. The zero-order chi connectivity index (χ0) is 24.2. The molecule has 0 aliphatic rings. The second-order valence-electron chi connectivity index (χ2n) is 8.95. The van der Waals surface area contributed by atoms with Gasteiger partial charge in [-0.05, 0) is 78.2 Å². The van der Waals surface area contributed by atoms with E-state index in [0.717, 1.165) is 20.8 Å². The van der Waals surface area contributed by atoms with Crippen molar-refractivity contribution in [2.75, 3.05) is 6.61 Å². The lowest BCUT2D eigenvalue weighted by molar-refractivity contribution is -0.142. The van der Waals surface area contributed by atoms with Crippen LogP contribution < -0.4 is 10.1 Å². The highest BCUT2D eigenvalue weighted by atomic mass is 79.9. The molecule has 2 amide bonds. The number of carbonyl (C=O) groups is 2. The zero-order valence-corrected chi connectivity index (χ0v) is 21.5. The predicted molar refractivity (Wildman–Crippen MR) is 137 cm³/mol. The molecule has 1 atom stereocenters. The first-order chi connectivity index (χ1) is 15.5.